The SMILES string of the molecule is CCc1cc(Nc2nccn3c(-c4cn[nH]c4C(F)(F)F)cnc23)ccc1C(=O)NCCNC(=O)C1CC(N)C1. The quantitative estimate of drug-likeness (QED) is 0.199. The first kappa shape index (κ1) is 27.1. The Kier molecular flexibility index (Phi) is 7.43. The van der Waals surface area contributed by atoms with Crippen LogP contribution in [0.1, 0.15) is 41.4 Å². The zero-order valence-corrected chi connectivity index (χ0v) is 21.5. The number of amides is 2. The lowest BCUT2D eigenvalue weighted by Crippen LogP contribution is -2.46. The van der Waals surface area contributed by atoms with E-state index in [4.69, 9.17) is 5.73 Å². The Labute approximate surface area is 226 Å². The summed E-state index contributed by atoms with van der Waals surface area (Å²) in [5.74, 6) is -0.0241. The molecule has 0 atom stereocenters. The number of H-pyrrole nitrogens is 1. The normalized spacial score (nSPS) is 16.9. The van der Waals surface area contributed by atoms with Crippen molar-refractivity contribution in [1.82, 2.24) is 35.2 Å². The molecule has 1 fully saturated rings. The predicted octanol–water partition coefficient (Wildman–Crippen LogP) is 3.03. The minimum absolute atomic E-state index is 0.0422. The lowest BCUT2D eigenvalue weighted by atomic mass is 9.80. The van der Waals surface area contributed by atoms with Gasteiger partial charge in [-0.15, -0.1) is 0 Å². The molecule has 0 bridgehead atoms. The van der Waals surface area contributed by atoms with Crippen molar-refractivity contribution in [1.29, 1.82) is 0 Å². The fourth-order valence-corrected chi connectivity index (χ4v) is 4.70. The summed E-state index contributed by atoms with van der Waals surface area (Å²) in [6, 6.07) is 5.30. The van der Waals surface area contributed by atoms with Gasteiger partial charge in [-0.3, -0.25) is 19.1 Å². The molecule has 0 radical (unpaired) electrons. The Morgan fingerprint density at radius 1 is 1.15 bits per heavy atom. The number of anilines is 2. The molecular formula is C26H28F3N9O2. The van der Waals surface area contributed by atoms with Crippen molar-refractivity contribution in [2.24, 2.45) is 11.7 Å². The summed E-state index contributed by atoms with van der Waals surface area (Å²) in [6.45, 7) is 2.53. The topological polar surface area (TPSA) is 155 Å². The second kappa shape index (κ2) is 11.0. The van der Waals surface area contributed by atoms with Gasteiger partial charge in [-0.05, 0) is 43.0 Å². The zero-order valence-electron chi connectivity index (χ0n) is 21.5. The van der Waals surface area contributed by atoms with Gasteiger partial charge >= 0.3 is 6.18 Å². The third-order valence-electron chi connectivity index (χ3n) is 6.88. The third kappa shape index (κ3) is 5.47. The highest BCUT2D eigenvalue weighted by atomic mass is 19.4. The van der Waals surface area contributed by atoms with Gasteiger partial charge in [0.05, 0.1) is 23.7 Å². The Morgan fingerprint density at radius 2 is 1.93 bits per heavy atom. The summed E-state index contributed by atoms with van der Waals surface area (Å²) in [6.07, 6.45) is 2.75. The van der Waals surface area contributed by atoms with Crippen LogP contribution in [-0.4, -0.2) is 55.5 Å². The van der Waals surface area contributed by atoms with Gasteiger partial charge in [-0.25, -0.2) is 9.97 Å². The average molecular weight is 556 g/mol. The number of aromatic nitrogens is 5. The number of aromatic amines is 1. The van der Waals surface area contributed by atoms with Crippen LogP contribution in [-0.2, 0) is 17.4 Å². The number of nitrogens with zero attached hydrogens (tertiary/aromatic N) is 4. The number of nitrogens with one attached hydrogen (secondary N) is 4. The van der Waals surface area contributed by atoms with Crippen molar-refractivity contribution in [3.05, 3.63) is 59.8 Å². The van der Waals surface area contributed by atoms with Crippen molar-refractivity contribution in [3.8, 4) is 11.3 Å². The molecule has 4 aromatic rings. The molecular weight excluding hydrogens is 527 g/mol. The van der Waals surface area contributed by atoms with Crippen molar-refractivity contribution in [2.45, 2.75) is 38.4 Å². The molecule has 1 aliphatic carbocycles. The van der Waals surface area contributed by atoms with Gasteiger partial charge in [0.25, 0.3) is 5.91 Å². The van der Waals surface area contributed by atoms with E-state index in [1.54, 1.807) is 12.1 Å². The molecule has 5 rings (SSSR count). The summed E-state index contributed by atoms with van der Waals surface area (Å²) in [5.41, 5.74) is 7.05. The van der Waals surface area contributed by atoms with Gasteiger partial charge in [0.1, 0.15) is 5.69 Å². The van der Waals surface area contributed by atoms with Crippen LogP contribution in [0, 0.1) is 5.92 Å². The second-order valence-electron chi connectivity index (χ2n) is 9.60. The first-order valence-electron chi connectivity index (χ1n) is 12.8. The van der Waals surface area contributed by atoms with Crippen molar-refractivity contribution in [2.75, 3.05) is 18.4 Å². The van der Waals surface area contributed by atoms with E-state index in [-0.39, 0.29) is 41.6 Å². The third-order valence-corrected chi connectivity index (χ3v) is 6.88. The molecule has 0 spiro atoms. The number of carbonyl (C=O) groups excluding carboxylic acids is 2. The Morgan fingerprint density at radius 3 is 2.65 bits per heavy atom. The maximum absolute atomic E-state index is 13.4. The maximum atomic E-state index is 13.4. The monoisotopic (exact) mass is 555 g/mol. The summed E-state index contributed by atoms with van der Waals surface area (Å²) in [5, 5.41) is 14.4. The fraction of sp³-hybridized carbons (Fsp3) is 0.346. The molecule has 3 aromatic heterocycles. The number of hydrogen-bond acceptors (Lipinski definition) is 7. The van der Waals surface area contributed by atoms with Crippen LogP contribution in [0.3, 0.4) is 0 Å². The molecule has 1 saturated carbocycles. The Bertz CT molecular complexity index is 1540. The van der Waals surface area contributed by atoms with Crippen LogP contribution < -0.4 is 21.7 Å². The number of rotatable bonds is 9. The Hall–Kier alpha value is -4.46. The molecule has 14 heteroatoms. The van der Waals surface area contributed by atoms with Gasteiger partial charge in [0, 0.05) is 48.7 Å². The van der Waals surface area contributed by atoms with E-state index in [9.17, 15) is 22.8 Å². The van der Waals surface area contributed by atoms with Crippen molar-refractivity contribution >= 4 is 29.0 Å². The predicted molar refractivity (Wildman–Crippen MR) is 141 cm³/mol. The van der Waals surface area contributed by atoms with Gasteiger partial charge in [-0.1, -0.05) is 6.92 Å². The molecule has 1 aliphatic rings. The first-order valence-corrected chi connectivity index (χ1v) is 12.8. The highest BCUT2D eigenvalue weighted by molar-refractivity contribution is 5.96. The molecule has 0 unspecified atom stereocenters. The number of halogens is 3. The number of alkyl halides is 3. The van der Waals surface area contributed by atoms with Crippen LogP contribution >= 0.6 is 0 Å². The number of hydrogen-bond donors (Lipinski definition) is 5. The smallest absolute Gasteiger partial charge is 0.354 e. The minimum atomic E-state index is -4.60. The molecule has 1 aromatic carbocycles. The van der Waals surface area contributed by atoms with Crippen molar-refractivity contribution in [3.63, 3.8) is 0 Å². The summed E-state index contributed by atoms with van der Waals surface area (Å²) in [4.78, 5) is 33.4. The second-order valence-corrected chi connectivity index (χ2v) is 9.60. The number of carbonyl (C=O) groups is 2. The summed E-state index contributed by atoms with van der Waals surface area (Å²) < 4.78 is 41.7. The highest BCUT2D eigenvalue weighted by Gasteiger charge is 2.36. The molecule has 11 nitrogen and oxygen atoms in total. The summed E-state index contributed by atoms with van der Waals surface area (Å²) >= 11 is 0. The van der Waals surface area contributed by atoms with Gasteiger partial charge < -0.3 is 21.7 Å². The molecule has 40 heavy (non-hydrogen) atoms. The highest BCUT2D eigenvalue weighted by Crippen LogP contribution is 2.36. The van der Waals surface area contributed by atoms with Gasteiger partial charge in [0.15, 0.2) is 11.5 Å². The molecule has 0 aliphatic heterocycles. The van der Waals surface area contributed by atoms with E-state index in [2.05, 4.69) is 31.0 Å². The molecule has 210 valence electrons. The van der Waals surface area contributed by atoms with Gasteiger partial charge in [-0.2, -0.15) is 18.3 Å². The molecule has 0 saturated heterocycles. The van der Waals surface area contributed by atoms with E-state index in [0.29, 0.717) is 48.5 Å². The maximum Gasteiger partial charge on any atom is 0.433 e. The number of benzene rings is 1. The van der Waals surface area contributed by atoms with Gasteiger partial charge in [0.2, 0.25) is 5.91 Å². The van der Waals surface area contributed by atoms with Crippen LogP contribution in [0.15, 0.2) is 43.0 Å². The van der Waals surface area contributed by atoms with E-state index < -0.39 is 11.9 Å². The van der Waals surface area contributed by atoms with Crippen LogP contribution in [0.2, 0.25) is 0 Å². The van der Waals surface area contributed by atoms with E-state index in [1.165, 1.54) is 23.0 Å². The van der Waals surface area contributed by atoms with Crippen molar-refractivity contribution < 1.29 is 22.8 Å². The van der Waals surface area contributed by atoms with E-state index >= 15 is 0 Å². The average Bonchev–Trinajstić information content (AvgIpc) is 3.57. The van der Waals surface area contributed by atoms with E-state index in [1.807, 2.05) is 18.1 Å². The zero-order chi connectivity index (χ0) is 28.4. The van der Waals surface area contributed by atoms with E-state index in [0.717, 1.165) is 11.8 Å². The number of aryl methyl sites for hydroxylation is 1. The number of nitrogens with two attached hydrogens (primary N) is 1. The minimum Gasteiger partial charge on any atom is -0.354 e. The largest absolute Gasteiger partial charge is 0.433 e. The number of fused-ring (bicyclic) bond motifs is 1. The first-order chi connectivity index (χ1) is 19.2. The lowest BCUT2D eigenvalue weighted by Gasteiger charge is -2.31. The lowest BCUT2D eigenvalue weighted by molar-refractivity contribution is -0.140. The standard InChI is InChI=1S/C26H28F3N9O2/c1-2-14-11-17(3-4-18(14)25(40)33-6-5-32-24(39)15-9-16(30)10-15)36-22-23-34-13-20(38(23)8-7-31-22)19-12-35-37-21(19)26(27,28)29/h3-4,7-8,11-13,15-16H,2,5-6,9-10,30H2,1H3,(H,31,36)(H,32,39)(H,33,40)(H,35,37). The van der Waals surface area contributed by atoms with Crippen LogP contribution in [0.4, 0.5) is 24.7 Å². The van der Waals surface area contributed by atoms with Crippen LogP contribution in [0.25, 0.3) is 16.9 Å². The molecule has 2 amide bonds. The molecule has 6 N–H and O–H groups in total. The molecule has 3 heterocycles. The summed E-state index contributed by atoms with van der Waals surface area (Å²) in [7, 11) is 0. The van der Waals surface area contributed by atoms with Crippen LogP contribution in [0.5, 0.6) is 0 Å². The number of imidazole rings is 1. The fourth-order valence-electron chi connectivity index (χ4n) is 4.70. The Balaban J connectivity index is 1.27.